The number of fused-ring (bicyclic) bond motifs is 1. The Morgan fingerprint density at radius 3 is 2.79 bits per heavy atom. The van der Waals surface area contributed by atoms with Crippen molar-refractivity contribution in [3.05, 3.63) is 36.0 Å². The van der Waals surface area contributed by atoms with Gasteiger partial charge in [0.05, 0.1) is 6.07 Å². The minimum absolute atomic E-state index is 0.342. The summed E-state index contributed by atoms with van der Waals surface area (Å²) in [6.45, 7) is -0.377. The van der Waals surface area contributed by atoms with Gasteiger partial charge in [-0.05, 0) is 37.3 Å². The summed E-state index contributed by atoms with van der Waals surface area (Å²) < 4.78 is 0. The van der Waals surface area contributed by atoms with Gasteiger partial charge in [0.1, 0.15) is 18.1 Å². The van der Waals surface area contributed by atoms with Crippen LogP contribution in [0.15, 0.2) is 30.5 Å². The van der Waals surface area contributed by atoms with Crippen LogP contribution in [-0.2, 0) is 16.0 Å². The van der Waals surface area contributed by atoms with Crippen LogP contribution in [0.1, 0.15) is 31.2 Å². The topological polar surface area (TPSA) is 118 Å². The number of hydrogen-bond acceptors (Lipinski definition) is 4. The van der Waals surface area contributed by atoms with Crippen LogP contribution in [0.3, 0.4) is 0 Å². The van der Waals surface area contributed by atoms with Crippen molar-refractivity contribution in [2.75, 3.05) is 6.54 Å². The fourth-order valence-corrected chi connectivity index (χ4v) is 4.08. The molecule has 28 heavy (non-hydrogen) atoms. The quantitative estimate of drug-likeness (QED) is 0.684. The van der Waals surface area contributed by atoms with Gasteiger partial charge >= 0.3 is 6.03 Å². The molecule has 144 valence electrons. The minimum atomic E-state index is -0.875. The van der Waals surface area contributed by atoms with E-state index in [1.807, 2.05) is 30.5 Å². The third kappa shape index (κ3) is 3.20. The van der Waals surface area contributed by atoms with Gasteiger partial charge in [-0.25, -0.2) is 4.79 Å². The number of hydrogen-bond donors (Lipinski definition) is 3. The smallest absolute Gasteiger partial charge is 0.325 e. The van der Waals surface area contributed by atoms with Crippen molar-refractivity contribution in [2.45, 2.75) is 43.7 Å². The van der Waals surface area contributed by atoms with Crippen LogP contribution < -0.4 is 10.6 Å². The number of urea groups is 1. The van der Waals surface area contributed by atoms with Crippen LogP contribution in [0, 0.1) is 11.3 Å². The van der Waals surface area contributed by atoms with Gasteiger partial charge in [-0.2, -0.15) is 5.26 Å². The first-order valence-electron chi connectivity index (χ1n) is 9.40. The van der Waals surface area contributed by atoms with Crippen LogP contribution in [0.25, 0.3) is 10.9 Å². The number of aromatic amines is 1. The van der Waals surface area contributed by atoms with Crippen molar-refractivity contribution in [2.24, 2.45) is 0 Å². The molecule has 2 heterocycles. The molecule has 1 aliphatic heterocycles. The Bertz CT molecular complexity index is 983. The van der Waals surface area contributed by atoms with Crippen molar-refractivity contribution >= 4 is 28.7 Å². The molecule has 1 atom stereocenters. The van der Waals surface area contributed by atoms with E-state index < -0.39 is 29.4 Å². The van der Waals surface area contributed by atoms with Gasteiger partial charge in [-0.3, -0.25) is 14.5 Å². The van der Waals surface area contributed by atoms with E-state index in [0.29, 0.717) is 19.3 Å². The number of benzene rings is 1. The summed E-state index contributed by atoms with van der Waals surface area (Å²) in [7, 11) is 0. The fourth-order valence-electron chi connectivity index (χ4n) is 4.08. The van der Waals surface area contributed by atoms with Crippen molar-refractivity contribution in [1.29, 1.82) is 5.26 Å². The van der Waals surface area contributed by atoms with E-state index >= 15 is 0 Å². The number of aromatic nitrogens is 1. The summed E-state index contributed by atoms with van der Waals surface area (Å²) in [4.78, 5) is 41.4. The third-order valence-corrected chi connectivity index (χ3v) is 5.56. The average Bonchev–Trinajstić information content (AvgIpc) is 3.38. The molecule has 8 nitrogen and oxygen atoms in total. The summed E-state index contributed by atoms with van der Waals surface area (Å²) in [5.41, 5.74) is 1.01. The van der Waals surface area contributed by atoms with E-state index in [0.717, 1.165) is 34.2 Å². The van der Waals surface area contributed by atoms with E-state index in [-0.39, 0.29) is 6.54 Å². The van der Waals surface area contributed by atoms with Crippen LogP contribution in [-0.4, -0.2) is 45.9 Å². The second-order valence-corrected chi connectivity index (χ2v) is 7.44. The van der Waals surface area contributed by atoms with Gasteiger partial charge in [-0.1, -0.05) is 18.2 Å². The zero-order valence-electron chi connectivity index (χ0n) is 15.3. The van der Waals surface area contributed by atoms with Gasteiger partial charge in [0, 0.05) is 23.5 Å². The molecule has 0 spiro atoms. The fraction of sp³-hybridized carbons (Fsp3) is 0.400. The molecule has 2 fully saturated rings. The molecule has 0 radical (unpaired) electrons. The van der Waals surface area contributed by atoms with Gasteiger partial charge in [0.15, 0.2) is 0 Å². The van der Waals surface area contributed by atoms with Crippen LogP contribution in [0.4, 0.5) is 4.79 Å². The summed E-state index contributed by atoms with van der Waals surface area (Å²) >= 11 is 0. The highest BCUT2D eigenvalue weighted by molar-refractivity contribution is 6.06. The first kappa shape index (κ1) is 18.0. The van der Waals surface area contributed by atoms with Crippen molar-refractivity contribution in [3.8, 4) is 6.07 Å². The van der Waals surface area contributed by atoms with Crippen LogP contribution in [0.5, 0.6) is 0 Å². The van der Waals surface area contributed by atoms with Gasteiger partial charge in [0.25, 0.3) is 5.91 Å². The Balaban J connectivity index is 1.42. The number of carbonyl (C=O) groups excluding carboxylic acids is 3. The maximum atomic E-state index is 12.7. The second-order valence-electron chi connectivity index (χ2n) is 7.44. The number of nitriles is 1. The lowest BCUT2D eigenvalue weighted by Crippen LogP contribution is -2.50. The predicted octanol–water partition coefficient (Wildman–Crippen LogP) is 1.58. The zero-order valence-corrected chi connectivity index (χ0v) is 15.3. The molecule has 4 amide bonds. The highest BCUT2D eigenvalue weighted by atomic mass is 16.2. The van der Waals surface area contributed by atoms with Crippen LogP contribution >= 0.6 is 0 Å². The Morgan fingerprint density at radius 2 is 2.04 bits per heavy atom. The Labute approximate surface area is 161 Å². The van der Waals surface area contributed by atoms with Crippen molar-refractivity contribution in [3.63, 3.8) is 0 Å². The van der Waals surface area contributed by atoms with Crippen LogP contribution in [0.2, 0.25) is 0 Å². The molecular formula is C20H21N5O3. The number of nitrogens with zero attached hydrogens (tertiary/aromatic N) is 2. The number of rotatable bonds is 5. The van der Waals surface area contributed by atoms with Gasteiger partial charge < -0.3 is 15.6 Å². The average molecular weight is 379 g/mol. The molecular weight excluding hydrogens is 358 g/mol. The minimum Gasteiger partial charge on any atom is -0.361 e. The Morgan fingerprint density at radius 1 is 1.29 bits per heavy atom. The molecule has 2 aromatic rings. The first-order chi connectivity index (χ1) is 13.5. The number of H-pyrrole nitrogens is 1. The van der Waals surface area contributed by atoms with E-state index in [2.05, 4.69) is 21.7 Å². The highest BCUT2D eigenvalue weighted by Crippen LogP contribution is 2.29. The molecule has 1 aliphatic carbocycles. The number of imide groups is 1. The SMILES string of the molecule is N#CC1(NC(=O)CN2C(=O)N[C@@H](Cc3c[nH]c4ccccc34)C2=O)CCCC1. The summed E-state index contributed by atoms with van der Waals surface area (Å²) in [6, 6.07) is 8.61. The van der Waals surface area contributed by atoms with Gasteiger partial charge in [0.2, 0.25) is 5.91 Å². The standard InChI is InChI=1S/C20H21N5O3/c21-12-20(7-3-4-8-20)24-17(26)11-25-18(27)16(23-19(25)28)9-13-10-22-15-6-2-1-5-14(13)15/h1-2,5-6,10,16,22H,3-4,7-9,11H2,(H,23,28)(H,24,26)/t16-/m0/s1. The molecule has 3 N–H and O–H groups in total. The lowest BCUT2D eigenvalue weighted by molar-refractivity contribution is -0.132. The van der Waals surface area contributed by atoms with Gasteiger partial charge in [-0.15, -0.1) is 0 Å². The number of nitrogens with one attached hydrogen (secondary N) is 3. The molecule has 0 unspecified atom stereocenters. The lowest BCUT2D eigenvalue weighted by atomic mass is 10.00. The van der Waals surface area contributed by atoms with E-state index in [1.165, 1.54) is 0 Å². The van der Waals surface area contributed by atoms with E-state index in [1.54, 1.807) is 0 Å². The highest BCUT2D eigenvalue weighted by Gasteiger charge is 2.41. The molecule has 2 aliphatic rings. The maximum Gasteiger partial charge on any atom is 0.325 e. The lowest BCUT2D eigenvalue weighted by Gasteiger charge is -2.23. The molecule has 8 heteroatoms. The summed E-state index contributed by atoms with van der Waals surface area (Å²) in [6.07, 6.45) is 5.12. The Kier molecular flexibility index (Phi) is 4.51. The van der Waals surface area contributed by atoms with Crippen molar-refractivity contribution < 1.29 is 14.4 Å². The monoisotopic (exact) mass is 379 g/mol. The summed E-state index contributed by atoms with van der Waals surface area (Å²) in [5.74, 6) is -0.914. The zero-order chi connectivity index (χ0) is 19.7. The molecule has 4 rings (SSSR count). The Hall–Kier alpha value is -3.34. The van der Waals surface area contributed by atoms with E-state index in [4.69, 9.17) is 0 Å². The maximum absolute atomic E-state index is 12.7. The molecule has 1 saturated carbocycles. The predicted molar refractivity (Wildman–Crippen MR) is 101 cm³/mol. The third-order valence-electron chi connectivity index (χ3n) is 5.56. The number of para-hydroxylation sites is 1. The molecule has 1 aromatic carbocycles. The number of amides is 4. The number of carbonyl (C=O) groups is 3. The normalized spacial score (nSPS) is 21.0. The first-order valence-corrected chi connectivity index (χ1v) is 9.40. The largest absolute Gasteiger partial charge is 0.361 e. The second kappa shape index (κ2) is 7.00. The molecule has 1 aromatic heterocycles. The van der Waals surface area contributed by atoms with Crippen molar-refractivity contribution in [1.82, 2.24) is 20.5 Å². The molecule has 1 saturated heterocycles. The molecule has 0 bridgehead atoms. The van der Waals surface area contributed by atoms with E-state index in [9.17, 15) is 19.6 Å². The summed E-state index contributed by atoms with van der Waals surface area (Å²) in [5, 5.41) is 15.7.